The van der Waals surface area contributed by atoms with Crippen LogP contribution in [0.25, 0.3) is 21.8 Å². The van der Waals surface area contributed by atoms with E-state index in [1.54, 1.807) is 6.07 Å². The van der Waals surface area contributed by atoms with Crippen LogP contribution in [0.15, 0.2) is 47.8 Å². The smallest absolute Gasteiger partial charge is 0.249 e. The highest BCUT2D eigenvalue weighted by Crippen LogP contribution is 2.37. The molecule has 150 valence electrons. The molecule has 1 saturated heterocycles. The number of hydrogen-bond donors (Lipinski definition) is 1. The zero-order valence-corrected chi connectivity index (χ0v) is 17.9. The highest BCUT2D eigenvalue weighted by Gasteiger charge is 2.26. The lowest BCUT2D eigenvalue weighted by Gasteiger charge is -2.23. The standard InChI is InChI=1S/C21H19ClN2O3S2/c22-18-4-2-1-3-16(18)19-12-28-21(24-19)17-11-14(5-6-15(17)20(23)25)13-7-9-29(26,27)10-8-13/h1-6,11-13H,7-10H2,(H2,23,25). The number of halogens is 1. The van der Waals surface area contributed by atoms with Crippen LogP contribution in [0.4, 0.5) is 0 Å². The zero-order valence-electron chi connectivity index (χ0n) is 15.5. The zero-order chi connectivity index (χ0) is 20.6. The molecule has 0 bridgehead atoms. The van der Waals surface area contributed by atoms with Gasteiger partial charge in [0.15, 0.2) is 0 Å². The maximum atomic E-state index is 12.0. The van der Waals surface area contributed by atoms with Crippen molar-refractivity contribution in [3.63, 3.8) is 0 Å². The second kappa shape index (κ2) is 7.89. The van der Waals surface area contributed by atoms with E-state index < -0.39 is 15.7 Å². The molecule has 5 nitrogen and oxygen atoms in total. The van der Waals surface area contributed by atoms with Gasteiger partial charge in [0.25, 0.3) is 0 Å². The Kier molecular flexibility index (Phi) is 5.46. The number of carbonyl (C=O) groups is 1. The summed E-state index contributed by atoms with van der Waals surface area (Å²) in [6.07, 6.45) is 1.17. The molecule has 0 aliphatic carbocycles. The molecule has 0 unspecified atom stereocenters. The fourth-order valence-corrected chi connectivity index (χ4v) is 6.19. The summed E-state index contributed by atoms with van der Waals surface area (Å²) in [7, 11) is -2.94. The molecule has 1 amide bonds. The minimum absolute atomic E-state index is 0.141. The lowest BCUT2D eigenvalue weighted by molar-refractivity contribution is 0.100. The summed E-state index contributed by atoms with van der Waals surface area (Å²) >= 11 is 7.71. The van der Waals surface area contributed by atoms with Crippen molar-refractivity contribution >= 4 is 38.7 Å². The molecule has 4 rings (SSSR count). The number of sulfone groups is 1. The van der Waals surface area contributed by atoms with Gasteiger partial charge in [-0.15, -0.1) is 11.3 Å². The highest BCUT2D eigenvalue weighted by molar-refractivity contribution is 7.91. The van der Waals surface area contributed by atoms with Gasteiger partial charge in [-0.25, -0.2) is 13.4 Å². The van der Waals surface area contributed by atoms with Crippen molar-refractivity contribution in [3.05, 3.63) is 64.0 Å². The number of thiazole rings is 1. The van der Waals surface area contributed by atoms with Gasteiger partial charge in [0.1, 0.15) is 14.8 Å². The molecule has 0 saturated carbocycles. The number of amides is 1. The first-order valence-electron chi connectivity index (χ1n) is 9.19. The van der Waals surface area contributed by atoms with Crippen LogP contribution in [0.3, 0.4) is 0 Å². The molecule has 2 aromatic carbocycles. The largest absolute Gasteiger partial charge is 0.366 e. The van der Waals surface area contributed by atoms with Crippen molar-refractivity contribution < 1.29 is 13.2 Å². The van der Waals surface area contributed by atoms with Crippen LogP contribution in [0.2, 0.25) is 5.02 Å². The lowest BCUT2D eigenvalue weighted by Crippen LogP contribution is -2.22. The van der Waals surface area contributed by atoms with Crippen LogP contribution in [0.1, 0.15) is 34.7 Å². The number of rotatable bonds is 4. The van der Waals surface area contributed by atoms with E-state index in [0.717, 1.165) is 16.8 Å². The summed E-state index contributed by atoms with van der Waals surface area (Å²) in [4.78, 5) is 16.7. The van der Waals surface area contributed by atoms with Gasteiger partial charge in [-0.2, -0.15) is 0 Å². The average molecular weight is 447 g/mol. The fraction of sp³-hybridized carbons (Fsp3) is 0.238. The molecule has 1 fully saturated rings. The minimum Gasteiger partial charge on any atom is -0.366 e. The molecule has 1 aromatic heterocycles. The molecule has 1 aliphatic heterocycles. The van der Waals surface area contributed by atoms with E-state index in [9.17, 15) is 13.2 Å². The maximum Gasteiger partial charge on any atom is 0.249 e. The van der Waals surface area contributed by atoms with Gasteiger partial charge in [-0.3, -0.25) is 4.79 Å². The van der Waals surface area contributed by atoms with Crippen molar-refractivity contribution in [2.24, 2.45) is 5.73 Å². The monoisotopic (exact) mass is 446 g/mol. The van der Waals surface area contributed by atoms with E-state index in [-0.39, 0.29) is 17.4 Å². The first-order valence-corrected chi connectivity index (χ1v) is 12.3. The van der Waals surface area contributed by atoms with Crippen molar-refractivity contribution in [3.8, 4) is 21.8 Å². The second-order valence-corrected chi connectivity index (χ2v) is 10.7. The Bertz CT molecular complexity index is 1170. The van der Waals surface area contributed by atoms with Crippen molar-refractivity contribution in [1.82, 2.24) is 4.98 Å². The first kappa shape index (κ1) is 20.1. The molecule has 2 heterocycles. The third-order valence-electron chi connectivity index (χ3n) is 5.22. The van der Waals surface area contributed by atoms with Gasteiger partial charge in [0, 0.05) is 27.1 Å². The predicted octanol–water partition coefficient (Wildman–Crippen LogP) is 4.52. The van der Waals surface area contributed by atoms with Gasteiger partial charge in [-0.1, -0.05) is 35.9 Å². The summed E-state index contributed by atoms with van der Waals surface area (Å²) in [5, 5.41) is 3.19. The highest BCUT2D eigenvalue weighted by atomic mass is 35.5. The van der Waals surface area contributed by atoms with E-state index >= 15 is 0 Å². The average Bonchev–Trinajstić information content (AvgIpc) is 3.17. The third-order valence-corrected chi connectivity index (χ3v) is 8.14. The summed E-state index contributed by atoms with van der Waals surface area (Å²) in [5.41, 5.74) is 9.24. The van der Waals surface area contributed by atoms with E-state index in [1.165, 1.54) is 11.3 Å². The first-order chi connectivity index (χ1) is 13.8. The van der Waals surface area contributed by atoms with Crippen LogP contribution in [0, 0.1) is 0 Å². The van der Waals surface area contributed by atoms with Crippen LogP contribution in [0.5, 0.6) is 0 Å². The molecular weight excluding hydrogens is 428 g/mol. The molecule has 0 radical (unpaired) electrons. The summed E-state index contributed by atoms with van der Waals surface area (Å²) < 4.78 is 23.5. The Balaban J connectivity index is 1.73. The Morgan fingerprint density at radius 2 is 1.83 bits per heavy atom. The Morgan fingerprint density at radius 1 is 1.10 bits per heavy atom. The normalized spacial score (nSPS) is 16.6. The number of primary amides is 1. The van der Waals surface area contributed by atoms with Crippen LogP contribution >= 0.6 is 22.9 Å². The van der Waals surface area contributed by atoms with Crippen molar-refractivity contribution in [2.75, 3.05) is 11.5 Å². The van der Waals surface area contributed by atoms with E-state index in [0.29, 0.717) is 34.0 Å². The SMILES string of the molecule is NC(=O)c1ccc(C2CCS(=O)(=O)CC2)cc1-c1nc(-c2ccccc2Cl)cs1. The van der Waals surface area contributed by atoms with Crippen LogP contribution in [-0.2, 0) is 9.84 Å². The Morgan fingerprint density at radius 3 is 2.52 bits per heavy atom. The van der Waals surface area contributed by atoms with Crippen molar-refractivity contribution in [2.45, 2.75) is 18.8 Å². The van der Waals surface area contributed by atoms with E-state index in [2.05, 4.69) is 0 Å². The molecular formula is C21H19ClN2O3S2. The van der Waals surface area contributed by atoms with Gasteiger partial charge < -0.3 is 5.73 Å². The molecule has 8 heteroatoms. The van der Waals surface area contributed by atoms with Gasteiger partial charge in [-0.05, 0) is 42.5 Å². The number of nitrogens with two attached hydrogens (primary N) is 1. The number of benzene rings is 2. The van der Waals surface area contributed by atoms with Crippen LogP contribution in [-0.4, -0.2) is 30.8 Å². The maximum absolute atomic E-state index is 12.0. The predicted molar refractivity (Wildman–Crippen MR) is 117 cm³/mol. The molecule has 3 aromatic rings. The van der Waals surface area contributed by atoms with Crippen molar-refractivity contribution in [1.29, 1.82) is 0 Å². The number of hydrogen-bond acceptors (Lipinski definition) is 5. The summed E-state index contributed by atoms with van der Waals surface area (Å²) in [6, 6.07) is 13.0. The molecule has 2 N–H and O–H groups in total. The number of nitrogens with zero attached hydrogens (tertiary/aromatic N) is 1. The molecule has 1 aliphatic rings. The Hall–Kier alpha value is -2.22. The fourth-order valence-electron chi connectivity index (χ4n) is 3.62. The topological polar surface area (TPSA) is 90.1 Å². The van der Waals surface area contributed by atoms with E-state index in [4.69, 9.17) is 22.3 Å². The third kappa shape index (κ3) is 4.22. The minimum atomic E-state index is -2.94. The number of carbonyl (C=O) groups excluding carboxylic acids is 1. The molecule has 0 atom stereocenters. The summed E-state index contributed by atoms with van der Waals surface area (Å²) in [5.74, 6) is 0.00574. The quantitative estimate of drug-likeness (QED) is 0.637. The van der Waals surface area contributed by atoms with Gasteiger partial charge >= 0.3 is 0 Å². The molecule has 0 spiro atoms. The number of aromatic nitrogens is 1. The lowest BCUT2D eigenvalue weighted by atomic mass is 9.90. The summed E-state index contributed by atoms with van der Waals surface area (Å²) in [6.45, 7) is 0. The van der Waals surface area contributed by atoms with E-state index in [1.807, 2.05) is 41.8 Å². The van der Waals surface area contributed by atoms with Crippen LogP contribution < -0.4 is 5.73 Å². The molecule has 29 heavy (non-hydrogen) atoms. The Labute approximate surface area is 178 Å². The van der Waals surface area contributed by atoms with Gasteiger partial charge in [0.05, 0.1) is 17.2 Å². The second-order valence-electron chi connectivity index (χ2n) is 7.11. The van der Waals surface area contributed by atoms with Gasteiger partial charge in [0.2, 0.25) is 5.91 Å².